The molecule has 0 heterocycles. The first-order chi connectivity index (χ1) is 9.16. The van der Waals surface area contributed by atoms with Crippen molar-refractivity contribution in [2.75, 3.05) is 5.32 Å². The van der Waals surface area contributed by atoms with Gasteiger partial charge in [0.25, 0.3) is 0 Å². The minimum absolute atomic E-state index is 0.391. The molecule has 1 fully saturated rings. The Morgan fingerprint density at radius 3 is 2.42 bits per heavy atom. The molecule has 19 heavy (non-hydrogen) atoms. The molecule has 0 unspecified atom stereocenters. The Morgan fingerprint density at radius 2 is 1.79 bits per heavy atom. The number of benzene rings is 1. The highest BCUT2D eigenvalue weighted by Crippen LogP contribution is 2.23. The van der Waals surface area contributed by atoms with Crippen LogP contribution in [0.15, 0.2) is 18.2 Å². The first-order valence-electron chi connectivity index (χ1n) is 7.27. The molecule has 0 bridgehead atoms. The van der Waals surface area contributed by atoms with Crippen molar-refractivity contribution >= 4 is 11.7 Å². The van der Waals surface area contributed by atoms with Crippen molar-refractivity contribution < 1.29 is 9.90 Å². The van der Waals surface area contributed by atoms with Crippen molar-refractivity contribution in [2.45, 2.75) is 57.9 Å². The third-order valence-corrected chi connectivity index (χ3v) is 3.87. The first kappa shape index (κ1) is 13.9. The van der Waals surface area contributed by atoms with E-state index in [1.807, 2.05) is 19.1 Å². The zero-order chi connectivity index (χ0) is 13.7. The summed E-state index contributed by atoms with van der Waals surface area (Å²) in [6, 6.07) is 6.03. The molecular formula is C16H23NO2. The summed E-state index contributed by atoms with van der Waals surface area (Å²) in [5, 5.41) is 12.7. The van der Waals surface area contributed by atoms with E-state index in [4.69, 9.17) is 0 Å². The molecule has 0 radical (unpaired) electrons. The van der Waals surface area contributed by atoms with E-state index in [-0.39, 0.29) is 0 Å². The highest BCUT2D eigenvalue weighted by atomic mass is 16.4. The van der Waals surface area contributed by atoms with Crippen molar-refractivity contribution in [2.24, 2.45) is 0 Å². The summed E-state index contributed by atoms with van der Waals surface area (Å²) < 4.78 is 0. The van der Waals surface area contributed by atoms with E-state index in [0.29, 0.717) is 11.6 Å². The summed E-state index contributed by atoms with van der Waals surface area (Å²) in [4.78, 5) is 11.3. The number of hydrogen-bond donors (Lipinski definition) is 2. The predicted molar refractivity (Wildman–Crippen MR) is 77.9 cm³/mol. The molecule has 0 aromatic heterocycles. The van der Waals surface area contributed by atoms with Crippen LogP contribution >= 0.6 is 0 Å². The van der Waals surface area contributed by atoms with Crippen molar-refractivity contribution in [3.05, 3.63) is 29.3 Å². The van der Waals surface area contributed by atoms with Gasteiger partial charge in [0.15, 0.2) is 0 Å². The highest BCUT2D eigenvalue weighted by molar-refractivity contribution is 5.94. The molecule has 0 saturated heterocycles. The van der Waals surface area contributed by atoms with Crippen LogP contribution in [0.25, 0.3) is 0 Å². The maximum atomic E-state index is 11.3. The fourth-order valence-electron chi connectivity index (χ4n) is 2.78. The third-order valence-electron chi connectivity index (χ3n) is 3.87. The number of aromatic carboxylic acids is 1. The molecule has 104 valence electrons. The van der Waals surface area contributed by atoms with Crippen molar-refractivity contribution in [3.63, 3.8) is 0 Å². The molecule has 0 amide bonds. The van der Waals surface area contributed by atoms with Crippen LogP contribution in [0.4, 0.5) is 5.69 Å². The fraction of sp³-hybridized carbons (Fsp3) is 0.562. The second kappa shape index (κ2) is 6.60. The van der Waals surface area contributed by atoms with E-state index < -0.39 is 5.97 Å². The monoisotopic (exact) mass is 261 g/mol. The number of anilines is 1. The van der Waals surface area contributed by atoms with Crippen molar-refractivity contribution in [1.29, 1.82) is 0 Å². The minimum atomic E-state index is -0.850. The standard InChI is InChI=1S/C16H23NO2/c1-12-9-10-15(14(11-12)16(18)19)17-13-7-5-3-2-4-6-8-13/h9-11,13,17H,2-8H2,1H3,(H,18,19). The highest BCUT2D eigenvalue weighted by Gasteiger charge is 2.15. The van der Waals surface area contributed by atoms with Crippen LogP contribution in [0.5, 0.6) is 0 Å². The Balaban J connectivity index is 2.10. The van der Waals surface area contributed by atoms with E-state index >= 15 is 0 Å². The van der Waals surface area contributed by atoms with Gasteiger partial charge in [0.2, 0.25) is 0 Å². The maximum Gasteiger partial charge on any atom is 0.337 e. The summed E-state index contributed by atoms with van der Waals surface area (Å²) in [6.07, 6.45) is 8.73. The predicted octanol–water partition coefficient (Wildman–Crippen LogP) is 4.22. The van der Waals surface area contributed by atoms with Crippen molar-refractivity contribution in [3.8, 4) is 0 Å². The van der Waals surface area contributed by atoms with Crippen LogP contribution in [0.2, 0.25) is 0 Å². The topological polar surface area (TPSA) is 49.3 Å². The number of nitrogens with one attached hydrogen (secondary N) is 1. The lowest BCUT2D eigenvalue weighted by molar-refractivity contribution is 0.0698. The number of hydrogen-bond acceptors (Lipinski definition) is 2. The van der Waals surface area contributed by atoms with Gasteiger partial charge in [0.1, 0.15) is 0 Å². The molecule has 1 aliphatic rings. The number of carboxylic acids is 1. The molecule has 2 rings (SSSR count). The number of aryl methyl sites for hydroxylation is 1. The largest absolute Gasteiger partial charge is 0.478 e. The third kappa shape index (κ3) is 3.98. The summed E-state index contributed by atoms with van der Waals surface area (Å²) in [6.45, 7) is 1.92. The van der Waals surface area contributed by atoms with Gasteiger partial charge in [-0.15, -0.1) is 0 Å². The lowest BCUT2D eigenvalue weighted by atomic mass is 9.96. The van der Waals surface area contributed by atoms with Gasteiger partial charge in [-0.25, -0.2) is 4.79 Å². The quantitative estimate of drug-likeness (QED) is 0.856. The molecule has 1 aliphatic carbocycles. The Hall–Kier alpha value is -1.51. The van der Waals surface area contributed by atoms with Gasteiger partial charge < -0.3 is 10.4 Å². The van der Waals surface area contributed by atoms with E-state index in [1.165, 1.54) is 32.1 Å². The van der Waals surface area contributed by atoms with Gasteiger partial charge in [-0.3, -0.25) is 0 Å². The van der Waals surface area contributed by atoms with Crippen LogP contribution in [0.3, 0.4) is 0 Å². The molecule has 3 nitrogen and oxygen atoms in total. The second-order valence-corrected chi connectivity index (χ2v) is 5.54. The fourth-order valence-corrected chi connectivity index (χ4v) is 2.78. The second-order valence-electron chi connectivity index (χ2n) is 5.54. The first-order valence-corrected chi connectivity index (χ1v) is 7.27. The molecule has 1 aromatic carbocycles. The lowest BCUT2D eigenvalue weighted by Crippen LogP contribution is -2.22. The van der Waals surface area contributed by atoms with E-state index in [2.05, 4.69) is 5.32 Å². The average Bonchev–Trinajstić information content (AvgIpc) is 2.34. The molecule has 0 atom stereocenters. The zero-order valence-corrected chi connectivity index (χ0v) is 11.6. The zero-order valence-electron chi connectivity index (χ0n) is 11.6. The van der Waals surface area contributed by atoms with Gasteiger partial charge in [0, 0.05) is 11.7 Å². The summed E-state index contributed by atoms with van der Waals surface area (Å²) >= 11 is 0. The van der Waals surface area contributed by atoms with Crippen LogP contribution in [-0.2, 0) is 0 Å². The van der Waals surface area contributed by atoms with Crippen LogP contribution in [0.1, 0.15) is 60.9 Å². The molecule has 1 saturated carbocycles. The van der Waals surface area contributed by atoms with Crippen LogP contribution in [0, 0.1) is 6.92 Å². The molecule has 3 heteroatoms. The van der Waals surface area contributed by atoms with Gasteiger partial charge >= 0.3 is 5.97 Å². The Morgan fingerprint density at radius 1 is 1.16 bits per heavy atom. The van der Waals surface area contributed by atoms with E-state index in [0.717, 1.165) is 24.1 Å². The minimum Gasteiger partial charge on any atom is -0.478 e. The summed E-state index contributed by atoms with van der Waals surface area (Å²) in [5.41, 5.74) is 2.14. The van der Waals surface area contributed by atoms with Crippen molar-refractivity contribution in [1.82, 2.24) is 0 Å². The molecular weight excluding hydrogens is 238 g/mol. The van der Waals surface area contributed by atoms with Gasteiger partial charge in [-0.2, -0.15) is 0 Å². The van der Waals surface area contributed by atoms with Gasteiger partial charge in [-0.1, -0.05) is 43.7 Å². The molecule has 1 aromatic rings. The Bertz CT molecular complexity index is 434. The van der Waals surface area contributed by atoms with Gasteiger partial charge in [-0.05, 0) is 31.9 Å². The van der Waals surface area contributed by atoms with E-state index in [9.17, 15) is 9.90 Å². The number of carbonyl (C=O) groups is 1. The van der Waals surface area contributed by atoms with Crippen LogP contribution in [-0.4, -0.2) is 17.1 Å². The summed E-state index contributed by atoms with van der Waals surface area (Å²) in [5.74, 6) is -0.850. The van der Waals surface area contributed by atoms with Crippen LogP contribution < -0.4 is 5.32 Å². The normalized spacial score (nSPS) is 17.5. The Labute approximate surface area is 115 Å². The molecule has 0 spiro atoms. The summed E-state index contributed by atoms with van der Waals surface area (Å²) in [7, 11) is 0. The van der Waals surface area contributed by atoms with Gasteiger partial charge in [0.05, 0.1) is 5.56 Å². The average molecular weight is 261 g/mol. The lowest BCUT2D eigenvalue weighted by Gasteiger charge is -2.23. The maximum absolute atomic E-state index is 11.3. The SMILES string of the molecule is Cc1ccc(NC2CCCCCCC2)c(C(=O)O)c1. The Kier molecular flexibility index (Phi) is 4.83. The van der Waals surface area contributed by atoms with E-state index in [1.54, 1.807) is 6.07 Å². The number of carboxylic acid groups (broad SMARTS) is 1. The molecule has 0 aliphatic heterocycles. The number of rotatable bonds is 3. The smallest absolute Gasteiger partial charge is 0.337 e. The molecule has 2 N–H and O–H groups in total.